The lowest BCUT2D eigenvalue weighted by Gasteiger charge is -2.26. The summed E-state index contributed by atoms with van der Waals surface area (Å²) >= 11 is 0. The van der Waals surface area contributed by atoms with Gasteiger partial charge in [-0.15, -0.1) is 0 Å². The Bertz CT molecular complexity index is 3140. The van der Waals surface area contributed by atoms with E-state index < -0.39 is 0 Å². The fourth-order valence-corrected chi connectivity index (χ4v) is 9.48. The van der Waals surface area contributed by atoms with Crippen molar-refractivity contribution < 1.29 is 0 Å². The van der Waals surface area contributed by atoms with E-state index in [0.29, 0.717) is 0 Å². The third kappa shape index (κ3) is 5.79. The Balaban J connectivity index is 1.07. The molecule has 0 unspecified atom stereocenters. The predicted molar refractivity (Wildman–Crippen MR) is 249 cm³/mol. The number of nitrogens with zero attached hydrogens (tertiary/aromatic N) is 2. The van der Waals surface area contributed by atoms with E-state index in [1.807, 2.05) is 0 Å². The van der Waals surface area contributed by atoms with Crippen molar-refractivity contribution in [3.63, 3.8) is 0 Å². The highest BCUT2D eigenvalue weighted by Crippen LogP contribution is 2.50. The number of hydrogen-bond donors (Lipinski definition) is 0. The maximum Gasteiger partial charge on any atom is 0.0562 e. The van der Waals surface area contributed by atoms with Crippen LogP contribution in [0.3, 0.4) is 0 Å². The van der Waals surface area contributed by atoms with Gasteiger partial charge in [0.2, 0.25) is 0 Å². The highest BCUT2D eigenvalue weighted by molar-refractivity contribution is 6.16. The van der Waals surface area contributed by atoms with Crippen LogP contribution in [0.25, 0.3) is 72.0 Å². The van der Waals surface area contributed by atoms with Gasteiger partial charge in [0.25, 0.3) is 0 Å². The second-order valence-corrected chi connectivity index (χ2v) is 16.2. The minimum absolute atomic E-state index is 0.0483. The van der Waals surface area contributed by atoms with E-state index in [1.165, 1.54) is 71.9 Å². The van der Waals surface area contributed by atoms with Gasteiger partial charge in [0.15, 0.2) is 0 Å². The Labute approximate surface area is 345 Å². The summed E-state index contributed by atoms with van der Waals surface area (Å²) in [5.74, 6) is 0. The van der Waals surface area contributed by atoms with Crippen LogP contribution in [0.1, 0.15) is 25.0 Å². The molecule has 10 aromatic rings. The van der Waals surface area contributed by atoms with Crippen molar-refractivity contribution in [3.05, 3.63) is 230 Å². The standard InChI is InChI=1S/C57H42N2/c1-57(2)52-23-13-12-21-49(52)50-35-29-43(37-53(50)57)41-27-32-46(33-28-41)58(45-30-25-40(26-31-45)39-15-6-3-7-16-39)47-34-36-51-55(38-47)59(44-19-10-5-11-20-44)54-24-14-22-48(56(51)54)42-17-8-4-9-18-42/h3-38H,1-2H3. The minimum Gasteiger partial charge on any atom is -0.310 e. The molecule has 1 aliphatic rings. The Morgan fingerprint density at radius 2 is 0.881 bits per heavy atom. The number of benzene rings is 9. The molecule has 0 saturated carbocycles. The Morgan fingerprint density at radius 1 is 0.356 bits per heavy atom. The van der Waals surface area contributed by atoms with Crippen LogP contribution in [0.15, 0.2) is 218 Å². The lowest BCUT2D eigenvalue weighted by molar-refractivity contribution is 0.660. The first-order chi connectivity index (χ1) is 29.0. The zero-order valence-corrected chi connectivity index (χ0v) is 33.2. The molecule has 2 nitrogen and oxygen atoms in total. The topological polar surface area (TPSA) is 8.17 Å². The number of rotatable bonds is 7. The van der Waals surface area contributed by atoms with Gasteiger partial charge < -0.3 is 9.47 Å². The number of aromatic nitrogens is 1. The van der Waals surface area contributed by atoms with Gasteiger partial charge in [-0.1, -0.05) is 172 Å². The maximum atomic E-state index is 2.42. The zero-order valence-electron chi connectivity index (χ0n) is 33.2. The van der Waals surface area contributed by atoms with Crippen LogP contribution in [0.4, 0.5) is 17.1 Å². The molecule has 0 atom stereocenters. The highest BCUT2D eigenvalue weighted by atomic mass is 15.1. The number of para-hydroxylation sites is 1. The Morgan fingerprint density at radius 3 is 1.58 bits per heavy atom. The highest BCUT2D eigenvalue weighted by Gasteiger charge is 2.35. The van der Waals surface area contributed by atoms with Crippen molar-refractivity contribution in [2.75, 3.05) is 4.90 Å². The van der Waals surface area contributed by atoms with Crippen LogP contribution in [-0.2, 0) is 5.41 Å². The van der Waals surface area contributed by atoms with E-state index in [0.717, 1.165) is 28.3 Å². The minimum atomic E-state index is -0.0483. The van der Waals surface area contributed by atoms with E-state index in [2.05, 4.69) is 242 Å². The number of hydrogen-bond acceptors (Lipinski definition) is 1. The summed E-state index contributed by atoms with van der Waals surface area (Å²) < 4.78 is 2.42. The quantitative estimate of drug-likeness (QED) is 0.157. The lowest BCUT2D eigenvalue weighted by atomic mass is 9.81. The molecule has 0 amide bonds. The smallest absolute Gasteiger partial charge is 0.0562 e. The molecule has 280 valence electrons. The van der Waals surface area contributed by atoms with E-state index in [4.69, 9.17) is 0 Å². The van der Waals surface area contributed by atoms with Crippen molar-refractivity contribution >= 4 is 38.9 Å². The fourth-order valence-electron chi connectivity index (χ4n) is 9.48. The van der Waals surface area contributed by atoms with E-state index >= 15 is 0 Å². The summed E-state index contributed by atoms with van der Waals surface area (Å²) in [5, 5.41) is 2.48. The van der Waals surface area contributed by atoms with Gasteiger partial charge in [0.05, 0.1) is 11.0 Å². The summed E-state index contributed by atoms with van der Waals surface area (Å²) in [7, 11) is 0. The number of fused-ring (bicyclic) bond motifs is 6. The van der Waals surface area contributed by atoms with Gasteiger partial charge in [-0.05, 0) is 116 Å². The Kier molecular flexibility index (Phi) is 8.20. The fraction of sp³-hybridized carbons (Fsp3) is 0.0526. The van der Waals surface area contributed by atoms with Gasteiger partial charge in [-0.25, -0.2) is 0 Å². The lowest BCUT2D eigenvalue weighted by Crippen LogP contribution is -2.14. The largest absolute Gasteiger partial charge is 0.310 e. The third-order valence-electron chi connectivity index (χ3n) is 12.4. The van der Waals surface area contributed by atoms with Crippen molar-refractivity contribution in [3.8, 4) is 50.2 Å². The van der Waals surface area contributed by atoms with Crippen molar-refractivity contribution in [2.45, 2.75) is 19.3 Å². The molecule has 0 bridgehead atoms. The molecule has 1 heterocycles. The van der Waals surface area contributed by atoms with Crippen LogP contribution in [-0.4, -0.2) is 4.57 Å². The third-order valence-corrected chi connectivity index (χ3v) is 12.4. The van der Waals surface area contributed by atoms with Gasteiger partial charge in [-0.3, -0.25) is 0 Å². The summed E-state index contributed by atoms with van der Waals surface area (Å²) in [5.41, 5.74) is 19.5. The molecule has 0 radical (unpaired) electrons. The zero-order chi connectivity index (χ0) is 39.5. The summed E-state index contributed by atoms with van der Waals surface area (Å²) in [4.78, 5) is 2.39. The van der Waals surface area contributed by atoms with E-state index in [-0.39, 0.29) is 5.41 Å². The molecule has 0 aliphatic heterocycles. The van der Waals surface area contributed by atoms with Crippen LogP contribution >= 0.6 is 0 Å². The number of anilines is 3. The van der Waals surface area contributed by atoms with E-state index in [1.54, 1.807) is 0 Å². The first kappa shape index (κ1) is 34.8. The van der Waals surface area contributed by atoms with Crippen molar-refractivity contribution in [1.29, 1.82) is 0 Å². The SMILES string of the molecule is CC1(C)c2ccccc2-c2ccc(-c3ccc(N(c4ccc(-c5ccccc5)cc4)c4ccc5c6c(-c7ccccc7)cccc6n(-c6ccccc6)c5c4)cc3)cc21. The van der Waals surface area contributed by atoms with Crippen LogP contribution in [0.5, 0.6) is 0 Å². The van der Waals surface area contributed by atoms with Crippen molar-refractivity contribution in [2.24, 2.45) is 0 Å². The molecule has 59 heavy (non-hydrogen) atoms. The normalized spacial score (nSPS) is 12.7. The molecular formula is C57H42N2. The first-order valence-corrected chi connectivity index (χ1v) is 20.5. The average Bonchev–Trinajstić information content (AvgIpc) is 3.75. The molecule has 2 heteroatoms. The molecule has 0 fully saturated rings. The van der Waals surface area contributed by atoms with Gasteiger partial charge in [0, 0.05) is 38.9 Å². The molecule has 0 spiro atoms. The molecule has 1 aromatic heterocycles. The monoisotopic (exact) mass is 754 g/mol. The molecule has 11 rings (SSSR count). The molecular weight excluding hydrogens is 713 g/mol. The van der Waals surface area contributed by atoms with Crippen LogP contribution in [0.2, 0.25) is 0 Å². The predicted octanol–water partition coefficient (Wildman–Crippen LogP) is 15.6. The maximum absolute atomic E-state index is 2.42. The van der Waals surface area contributed by atoms with Crippen LogP contribution < -0.4 is 4.90 Å². The molecule has 1 aliphatic carbocycles. The summed E-state index contributed by atoms with van der Waals surface area (Å²) in [6.07, 6.45) is 0. The average molecular weight is 755 g/mol. The van der Waals surface area contributed by atoms with E-state index in [9.17, 15) is 0 Å². The van der Waals surface area contributed by atoms with Gasteiger partial charge in [-0.2, -0.15) is 0 Å². The summed E-state index contributed by atoms with van der Waals surface area (Å²) in [6, 6.07) is 79.8. The molecule has 9 aromatic carbocycles. The Hall–Kier alpha value is -7.42. The van der Waals surface area contributed by atoms with Crippen molar-refractivity contribution in [1.82, 2.24) is 4.57 Å². The van der Waals surface area contributed by atoms with Gasteiger partial charge in [0.1, 0.15) is 0 Å². The van der Waals surface area contributed by atoms with Gasteiger partial charge >= 0.3 is 0 Å². The first-order valence-electron chi connectivity index (χ1n) is 20.5. The second kappa shape index (κ2) is 13.9. The summed E-state index contributed by atoms with van der Waals surface area (Å²) in [6.45, 7) is 4.70. The molecule has 0 saturated heterocycles. The molecule has 0 N–H and O–H groups in total. The van der Waals surface area contributed by atoms with Crippen LogP contribution in [0, 0.1) is 0 Å². The second-order valence-electron chi connectivity index (χ2n) is 16.2.